The lowest BCUT2D eigenvalue weighted by Gasteiger charge is -2.15. The van der Waals surface area contributed by atoms with E-state index in [9.17, 15) is 0 Å². The number of benzene rings is 1. The molecule has 84 valence electrons. The van der Waals surface area contributed by atoms with E-state index >= 15 is 0 Å². The summed E-state index contributed by atoms with van der Waals surface area (Å²) in [5.41, 5.74) is 4.24. The largest absolute Gasteiger partial charge is 0.314 e. The van der Waals surface area contributed by atoms with E-state index < -0.39 is 0 Å². The molecule has 0 aliphatic rings. The lowest BCUT2D eigenvalue weighted by atomic mass is 10.00. The Kier molecular flexibility index (Phi) is 4.83. The fourth-order valence-electron chi connectivity index (χ4n) is 1.87. The van der Waals surface area contributed by atoms with E-state index in [1.807, 2.05) is 0 Å². The number of rotatable bonds is 5. The number of hydrogen-bond donors (Lipinski definition) is 1. The van der Waals surface area contributed by atoms with E-state index in [2.05, 4.69) is 51.2 Å². The minimum atomic E-state index is 0.575. The van der Waals surface area contributed by atoms with Crippen LogP contribution < -0.4 is 5.32 Å². The van der Waals surface area contributed by atoms with Crippen LogP contribution in [0.25, 0.3) is 0 Å². The van der Waals surface area contributed by atoms with Crippen molar-refractivity contribution in [3.05, 3.63) is 34.9 Å². The summed E-state index contributed by atoms with van der Waals surface area (Å²) >= 11 is 0. The summed E-state index contributed by atoms with van der Waals surface area (Å²) in [6, 6.07) is 7.30. The van der Waals surface area contributed by atoms with Gasteiger partial charge in [-0.25, -0.2) is 0 Å². The molecule has 0 aliphatic heterocycles. The molecule has 0 spiro atoms. The van der Waals surface area contributed by atoms with E-state index in [4.69, 9.17) is 0 Å². The third-order valence-electron chi connectivity index (χ3n) is 2.77. The summed E-state index contributed by atoms with van der Waals surface area (Å²) in [6.45, 7) is 9.93. The highest BCUT2D eigenvalue weighted by Gasteiger charge is 2.04. The molecular weight excluding hydrogens is 182 g/mol. The lowest BCUT2D eigenvalue weighted by Crippen LogP contribution is -2.28. The molecule has 1 N–H and O–H groups in total. The topological polar surface area (TPSA) is 12.0 Å². The average molecular weight is 205 g/mol. The van der Waals surface area contributed by atoms with Gasteiger partial charge in [0, 0.05) is 6.04 Å². The molecule has 1 aromatic rings. The van der Waals surface area contributed by atoms with Crippen LogP contribution in [0.1, 0.15) is 37.0 Å². The first-order chi connectivity index (χ1) is 7.13. The molecule has 1 atom stereocenters. The van der Waals surface area contributed by atoms with Gasteiger partial charge in [0.15, 0.2) is 0 Å². The van der Waals surface area contributed by atoms with Gasteiger partial charge in [-0.3, -0.25) is 0 Å². The molecule has 0 saturated carbocycles. The van der Waals surface area contributed by atoms with Crippen molar-refractivity contribution < 1.29 is 0 Å². The van der Waals surface area contributed by atoms with Gasteiger partial charge in [-0.05, 0) is 51.3 Å². The third-order valence-corrected chi connectivity index (χ3v) is 2.77. The van der Waals surface area contributed by atoms with Gasteiger partial charge in [0.2, 0.25) is 0 Å². The van der Waals surface area contributed by atoms with Crippen LogP contribution in [0.15, 0.2) is 18.2 Å². The minimum absolute atomic E-state index is 0.575. The van der Waals surface area contributed by atoms with Gasteiger partial charge in [-0.2, -0.15) is 0 Å². The molecule has 1 unspecified atom stereocenters. The maximum absolute atomic E-state index is 3.52. The van der Waals surface area contributed by atoms with Gasteiger partial charge in [0.1, 0.15) is 0 Å². The summed E-state index contributed by atoms with van der Waals surface area (Å²) in [5.74, 6) is 0. The SMILES string of the molecule is CCCNC(C)Cc1ccc(C)cc1C. The van der Waals surface area contributed by atoms with Gasteiger partial charge in [0.05, 0.1) is 0 Å². The van der Waals surface area contributed by atoms with Crippen LogP contribution >= 0.6 is 0 Å². The van der Waals surface area contributed by atoms with Crippen LogP contribution in [0.3, 0.4) is 0 Å². The monoisotopic (exact) mass is 205 g/mol. The first kappa shape index (κ1) is 12.3. The van der Waals surface area contributed by atoms with Crippen molar-refractivity contribution in [2.24, 2.45) is 0 Å². The fourth-order valence-corrected chi connectivity index (χ4v) is 1.87. The number of aryl methyl sites for hydroxylation is 2. The van der Waals surface area contributed by atoms with Crippen LogP contribution in [-0.2, 0) is 6.42 Å². The molecule has 0 aliphatic carbocycles. The van der Waals surface area contributed by atoms with Crippen molar-refractivity contribution in [1.82, 2.24) is 5.32 Å². The van der Waals surface area contributed by atoms with Crippen LogP contribution in [0.4, 0.5) is 0 Å². The molecule has 1 nitrogen and oxygen atoms in total. The highest BCUT2D eigenvalue weighted by Crippen LogP contribution is 2.12. The molecule has 0 fully saturated rings. The number of nitrogens with one attached hydrogen (secondary N) is 1. The minimum Gasteiger partial charge on any atom is -0.314 e. The van der Waals surface area contributed by atoms with E-state index in [-0.39, 0.29) is 0 Å². The van der Waals surface area contributed by atoms with Crippen molar-refractivity contribution in [1.29, 1.82) is 0 Å². The van der Waals surface area contributed by atoms with Crippen LogP contribution in [0.2, 0.25) is 0 Å². The van der Waals surface area contributed by atoms with Gasteiger partial charge in [-0.1, -0.05) is 30.7 Å². The second-order valence-corrected chi connectivity index (χ2v) is 4.49. The Labute approximate surface area is 93.9 Å². The van der Waals surface area contributed by atoms with Crippen molar-refractivity contribution in [3.8, 4) is 0 Å². The van der Waals surface area contributed by atoms with E-state index in [0.29, 0.717) is 6.04 Å². The first-order valence-corrected chi connectivity index (χ1v) is 5.93. The Hall–Kier alpha value is -0.820. The normalized spacial score (nSPS) is 12.8. The van der Waals surface area contributed by atoms with Gasteiger partial charge >= 0.3 is 0 Å². The second-order valence-electron chi connectivity index (χ2n) is 4.49. The average Bonchev–Trinajstić information content (AvgIpc) is 2.19. The summed E-state index contributed by atoms with van der Waals surface area (Å²) in [6.07, 6.45) is 2.34. The van der Waals surface area contributed by atoms with Gasteiger partial charge in [-0.15, -0.1) is 0 Å². The Morgan fingerprint density at radius 3 is 2.60 bits per heavy atom. The predicted octanol–water partition coefficient (Wildman–Crippen LogP) is 3.23. The Balaban J connectivity index is 2.56. The smallest absolute Gasteiger partial charge is 0.00792 e. The summed E-state index contributed by atoms with van der Waals surface area (Å²) in [7, 11) is 0. The van der Waals surface area contributed by atoms with E-state index in [1.165, 1.54) is 23.1 Å². The van der Waals surface area contributed by atoms with Crippen LogP contribution in [-0.4, -0.2) is 12.6 Å². The maximum atomic E-state index is 3.52. The molecular formula is C14H23N. The first-order valence-electron chi connectivity index (χ1n) is 5.93. The molecule has 1 heteroatoms. The molecule has 0 heterocycles. The molecule has 0 bridgehead atoms. The molecule has 0 aromatic heterocycles. The quantitative estimate of drug-likeness (QED) is 0.778. The maximum Gasteiger partial charge on any atom is 0.00792 e. The summed E-state index contributed by atoms with van der Waals surface area (Å²) < 4.78 is 0. The third kappa shape index (κ3) is 4.05. The Morgan fingerprint density at radius 2 is 2.00 bits per heavy atom. The fraction of sp³-hybridized carbons (Fsp3) is 0.571. The Morgan fingerprint density at radius 1 is 1.27 bits per heavy atom. The molecule has 0 radical (unpaired) electrons. The van der Waals surface area contributed by atoms with Gasteiger partial charge < -0.3 is 5.32 Å². The highest BCUT2D eigenvalue weighted by molar-refractivity contribution is 5.30. The zero-order valence-electron chi connectivity index (χ0n) is 10.4. The summed E-state index contributed by atoms with van der Waals surface area (Å²) in [5, 5.41) is 3.52. The molecule has 1 rings (SSSR count). The molecule has 0 amide bonds. The van der Waals surface area contributed by atoms with Crippen LogP contribution in [0.5, 0.6) is 0 Å². The highest BCUT2D eigenvalue weighted by atomic mass is 14.9. The van der Waals surface area contributed by atoms with Crippen LogP contribution in [0, 0.1) is 13.8 Å². The van der Waals surface area contributed by atoms with E-state index in [0.717, 1.165) is 13.0 Å². The molecule has 0 saturated heterocycles. The zero-order valence-corrected chi connectivity index (χ0v) is 10.4. The molecule has 1 aromatic carbocycles. The van der Waals surface area contributed by atoms with Gasteiger partial charge in [0.25, 0.3) is 0 Å². The van der Waals surface area contributed by atoms with Crippen molar-refractivity contribution in [3.63, 3.8) is 0 Å². The lowest BCUT2D eigenvalue weighted by molar-refractivity contribution is 0.542. The van der Waals surface area contributed by atoms with E-state index in [1.54, 1.807) is 0 Å². The van der Waals surface area contributed by atoms with Crippen molar-refractivity contribution in [2.75, 3.05) is 6.54 Å². The standard InChI is InChI=1S/C14H23N/c1-5-8-15-13(4)10-14-7-6-11(2)9-12(14)3/h6-7,9,13,15H,5,8,10H2,1-4H3. The zero-order chi connectivity index (χ0) is 11.3. The van der Waals surface area contributed by atoms with Crippen molar-refractivity contribution in [2.45, 2.75) is 46.6 Å². The molecule has 15 heavy (non-hydrogen) atoms. The summed E-state index contributed by atoms with van der Waals surface area (Å²) in [4.78, 5) is 0. The Bertz CT molecular complexity index is 304. The number of hydrogen-bond acceptors (Lipinski definition) is 1. The predicted molar refractivity (Wildman–Crippen MR) is 67.4 cm³/mol. The second kappa shape index (κ2) is 5.92. The van der Waals surface area contributed by atoms with Crippen molar-refractivity contribution >= 4 is 0 Å².